The van der Waals surface area contributed by atoms with E-state index in [2.05, 4.69) is 11.0 Å². The number of rotatable bonds is 4. The molecule has 34 heavy (non-hydrogen) atoms. The molecule has 1 spiro atoms. The number of amides is 2. The van der Waals surface area contributed by atoms with Crippen LogP contribution in [0.5, 0.6) is 0 Å². The normalized spacial score (nSPS) is 23.2. The number of carbonyl (C=O) groups excluding carboxylic acids is 2. The van der Waals surface area contributed by atoms with Crippen molar-refractivity contribution in [3.8, 4) is 0 Å². The molecule has 0 radical (unpaired) electrons. The third-order valence-electron chi connectivity index (χ3n) is 7.33. The molecule has 1 atom stereocenters. The summed E-state index contributed by atoms with van der Waals surface area (Å²) in [6.45, 7) is 7.55. The lowest BCUT2D eigenvalue weighted by Crippen LogP contribution is -2.38. The van der Waals surface area contributed by atoms with Crippen LogP contribution in [0.2, 0.25) is 0 Å². The first-order valence-corrected chi connectivity index (χ1v) is 12.3. The molecule has 5 rings (SSSR count). The van der Waals surface area contributed by atoms with Crippen molar-refractivity contribution < 1.29 is 19.1 Å². The quantitative estimate of drug-likeness (QED) is 0.689. The SMILES string of the molecule is Cc1c(C(=O)N2CCCC3(CC2)CN(Cc2ccccc2)C(=O)O3)cccc1N1CCOCC1. The number of benzene rings is 2. The molecule has 0 aromatic heterocycles. The Labute approximate surface area is 201 Å². The van der Waals surface area contributed by atoms with Crippen LogP contribution in [0.25, 0.3) is 0 Å². The Morgan fingerprint density at radius 2 is 1.76 bits per heavy atom. The van der Waals surface area contributed by atoms with Crippen molar-refractivity contribution in [2.45, 2.75) is 38.3 Å². The molecule has 2 aromatic rings. The number of morpholine rings is 1. The zero-order chi connectivity index (χ0) is 23.5. The summed E-state index contributed by atoms with van der Waals surface area (Å²) in [5.74, 6) is 0.0649. The van der Waals surface area contributed by atoms with E-state index in [-0.39, 0.29) is 12.0 Å². The van der Waals surface area contributed by atoms with E-state index in [0.717, 1.165) is 48.3 Å². The van der Waals surface area contributed by atoms with Crippen molar-refractivity contribution in [3.63, 3.8) is 0 Å². The van der Waals surface area contributed by atoms with Crippen LogP contribution in [0.4, 0.5) is 10.5 Å². The first kappa shape index (κ1) is 22.7. The maximum absolute atomic E-state index is 13.5. The Morgan fingerprint density at radius 3 is 2.56 bits per heavy atom. The van der Waals surface area contributed by atoms with Gasteiger partial charge in [-0.2, -0.15) is 0 Å². The van der Waals surface area contributed by atoms with E-state index in [1.807, 2.05) is 54.3 Å². The summed E-state index contributed by atoms with van der Waals surface area (Å²) in [6.07, 6.45) is 2.01. The molecule has 0 bridgehead atoms. The lowest BCUT2D eigenvalue weighted by Gasteiger charge is -2.31. The molecule has 3 aliphatic heterocycles. The summed E-state index contributed by atoms with van der Waals surface area (Å²) in [5, 5.41) is 0. The summed E-state index contributed by atoms with van der Waals surface area (Å²) in [5.41, 5.74) is 3.48. The van der Waals surface area contributed by atoms with Gasteiger partial charge in [-0.25, -0.2) is 4.79 Å². The first-order chi connectivity index (χ1) is 16.5. The molecule has 1 unspecified atom stereocenters. The van der Waals surface area contributed by atoms with Crippen LogP contribution in [0, 0.1) is 6.92 Å². The van der Waals surface area contributed by atoms with Crippen LogP contribution in [-0.2, 0) is 16.0 Å². The van der Waals surface area contributed by atoms with Gasteiger partial charge in [0.05, 0.1) is 19.8 Å². The van der Waals surface area contributed by atoms with Crippen LogP contribution in [-0.4, -0.2) is 73.3 Å². The van der Waals surface area contributed by atoms with Crippen LogP contribution < -0.4 is 4.90 Å². The molecule has 0 saturated carbocycles. The highest BCUT2D eigenvalue weighted by molar-refractivity contribution is 5.97. The molecule has 0 aliphatic carbocycles. The van der Waals surface area contributed by atoms with Crippen molar-refractivity contribution in [3.05, 3.63) is 65.2 Å². The van der Waals surface area contributed by atoms with Crippen LogP contribution in [0.15, 0.2) is 48.5 Å². The van der Waals surface area contributed by atoms with Gasteiger partial charge in [0.25, 0.3) is 5.91 Å². The van der Waals surface area contributed by atoms with Gasteiger partial charge in [-0.15, -0.1) is 0 Å². The molecular weight excluding hydrogens is 430 g/mol. The van der Waals surface area contributed by atoms with E-state index >= 15 is 0 Å². The Balaban J connectivity index is 1.26. The highest BCUT2D eigenvalue weighted by Gasteiger charge is 2.46. The third-order valence-corrected chi connectivity index (χ3v) is 7.33. The van der Waals surface area contributed by atoms with Crippen molar-refractivity contribution in [2.75, 3.05) is 50.8 Å². The van der Waals surface area contributed by atoms with Gasteiger partial charge in [0.2, 0.25) is 0 Å². The van der Waals surface area contributed by atoms with Crippen LogP contribution >= 0.6 is 0 Å². The fourth-order valence-electron chi connectivity index (χ4n) is 5.42. The minimum atomic E-state index is -0.508. The second kappa shape index (κ2) is 9.66. The van der Waals surface area contributed by atoms with Crippen LogP contribution in [0.1, 0.15) is 40.7 Å². The molecule has 7 nitrogen and oxygen atoms in total. The zero-order valence-corrected chi connectivity index (χ0v) is 19.9. The summed E-state index contributed by atoms with van der Waals surface area (Å²) in [4.78, 5) is 32.2. The standard InChI is InChI=1S/C27H33N3O4/c1-21-23(9-5-10-24(21)28-15-17-33-18-16-28)25(31)29-13-6-11-27(12-14-29)20-30(26(32)34-27)19-22-7-3-2-4-8-22/h2-5,7-10H,6,11-20H2,1H3. The second-order valence-electron chi connectivity index (χ2n) is 9.59. The molecule has 180 valence electrons. The Bertz CT molecular complexity index is 1040. The fraction of sp³-hybridized carbons (Fsp3) is 0.481. The minimum absolute atomic E-state index is 0.0649. The first-order valence-electron chi connectivity index (χ1n) is 12.3. The summed E-state index contributed by atoms with van der Waals surface area (Å²) < 4.78 is 11.4. The van der Waals surface area contributed by atoms with E-state index in [4.69, 9.17) is 9.47 Å². The van der Waals surface area contributed by atoms with Gasteiger partial charge in [0.1, 0.15) is 5.60 Å². The van der Waals surface area contributed by atoms with E-state index in [0.29, 0.717) is 45.8 Å². The molecule has 3 aliphatic rings. The number of hydrogen-bond donors (Lipinski definition) is 0. The molecule has 2 aromatic carbocycles. The number of likely N-dealkylation sites (tertiary alicyclic amines) is 1. The largest absolute Gasteiger partial charge is 0.441 e. The fourth-order valence-corrected chi connectivity index (χ4v) is 5.42. The van der Waals surface area contributed by atoms with Crippen molar-refractivity contribution in [1.29, 1.82) is 0 Å². The molecule has 3 saturated heterocycles. The number of carbonyl (C=O) groups is 2. The van der Waals surface area contributed by atoms with Gasteiger partial charge in [-0.1, -0.05) is 36.4 Å². The lowest BCUT2D eigenvalue weighted by molar-refractivity contribution is 0.0438. The molecular formula is C27H33N3O4. The Hall–Kier alpha value is -3.06. The number of anilines is 1. The smallest absolute Gasteiger partial charge is 0.410 e. The van der Waals surface area contributed by atoms with Gasteiger partial charge in [0, 0.05) is 50.4 Å². The maximum atomic E-state index is 13.5. The minimum Gasteiger partial charge on any atom is -0.441 e. The number of hydrogen-bond acceptors (Lipinski definition) is 5. The van der Waals surface area contributed by atoms with E-state index in [1.165, 1.54) is 0 Å². The van der Waals surface area contributed by atoms with E-state index in [1.54, 1.807) is 4.90 Å². The topological polar surface area (TPSA) is 62.3 Å². The van der Waals surface area contributed by atoms with E-state index in [9.17, 15) is 9.59 Å². The molecule has 2 amide bonds. The van der Waals surface area contributed by atoms with Crippen molar-refractivity contribution in [2.24, 2.45) is 0 Å². The van der Waals surface area contributed by atoms with E-state index < -0.39 is 5.60 Å². The zero-order valence-electron chi connectivity index (χ0n) is 19.9. The summed E-state index contributed by atoms with van der Waals surface area (Å²) in [7, 11) is 0. The predicted octanol–water partition coefficient (Wildman–Crippen LogP) is 3.85. The molecule has 3 fully saturated rings. The molecule has 3 heterocycles. The predicted molar refractivity (Wildman–Crippen MR) is 130 cm³/mol. The number of ether oxygens (including phenoxy) is 2. The molecule has 7 heteroatoms. The van der Waals surface area contributed by atoms with Crippen molar-refractivity contribution >= 4 is 17.7 Å². The third kappa shape index (κ3) is 4.62. The maximum Gasteiger partial charge on any atom is 0.410 e. The summed E-state index contributed by atoms with van der Waals surface area (Å²) in [6, 6.07) is 16.0. The van der Waals surface area contributed by atoms with Gasteiger partial charge >= 0.3 is 6.09 Å². The van der Waals surface area contributed by atoms with Gasteiger partial charge in [-0.3, -0.25) is 9.69 Å². The summed E-state index contributed by atoms with van der Waals surface area (Å²) >= 11 is 0. The van der Waals surface area contributed by atoms with Gasteiger partial charge in [0.15, 0.2) is 0 Å². The monoisotopic (exact) mass is 463 g/mol. The van der Waals surface area contributed by atoms with Crippen molar-refractivity contribution in [1.82, 2.24) is 9.80 Å². The Kier molecular flexibility index (Phi) is 6.46. The number of nitrogens with zero attached hydrogens (tertiary/aromatic N) is 3. The highest BCUT2D eigenvalue weighted by Crippen LogP contribution is 2.35. The van der Waals surface area contributed by atoms with Gasteiger partial charge in [-0.05, 0) is 43.0 Å². The molecule has 0 N–H and O–H groups in total. The lowest BCUT2D eigenvalue weighted by atomic mass is 9.95. The van der Waals surface area contributed by atoms with Gasteiger partial charge < -0.3 is 19.3 Å². The average Bonchev–Trinajstić information content (AvgIpc) is 3.02. The Morgan fingerprint density at radius 1 is 0.971 bits per heavy atom. The average molecular weight is 464 g/mol. The highest BCUT2D eigenvalue weighted by atomic mass is 16.6. The second-order valence-corrected chi connectivity index (χ2v) is 9.59. The van der Waals surface area contributed by atoms with Crippen LogP contribution in [0.3, 0.4) is 0 Å².